The van der Waals surface area contributed by atoms with Gasteiger partial charge in [-0.1, -0.05) is 0 Å². The van der Waals surface area contributed by atoms with Crippen LogP contribution >= 0.6 is 0 Å². The van der Waals surface area contributed by atoms with Crippen molar-refractivity contribution in [3.8, 4) is 0 Å². The Labute approximate surface area is 65.1 Å². The van der Waals surface area contributed by atoms with Gasteiger partial charge in [0.1, 0.15) is 0 Å². The molecule has 0 bridgehead atoms. The molecule has 0 rings (SSSR count). The van der Waals surface area contributed by atoms with Crippen LogP contribution in [0, 0.1) is 0 Å². The van der Waals surface area contributed by atoms with Gasteiger partial charge < -0.3 is 0 Å². The Morgan fingerprint density at radius 3 is 2.50 bits per heavy atom. The Morgan fingerprint density at radius 2 is 2.12 bits per heavy atom. The first-order valence-electron chi connectivity index (χ1n) is 3.17. The van der Waals surface area contributed by atoms with Crippen LogP contribution < -0.4 is 5.73 Å². The van der Waals surface area contributed by atoms with E-state index < -0.39 is 0 Å². The average molecular weight is 219 g/mol. The molecule has 0 aromatic carbocycles. The second kappa shape index (κ2) is 5.89. The number of nitrogens with two attached hydrogens (primary N) is 1. The molecule has 47 valence electrons. The van der Waals surface area contributed by atoms with Crippen molar-refractivity contribution in [2.24, 2.45) is 5.73 Å². The Hall–Kier alpha value is 0.759. The number of unbranched alkanes of at least 4 members (excludes halogenated alkanes) is 1. The molecular weight excluding hydrogens is 205 g/mol. The van der Waals surface area contributed by atoms with Crippen molar-refractivity contribution in [2.75, 3.05) is 0 Å². The molecular formula is C6H14NSn. The van der Waals surface area contributed by atoms with Gasteiger partial charge in [0.25, 0.3) is 0 Å². The van der Waals surface area contributed by atoms with Crippen molar-refractivity contribution in [2.45, 2.75) is 36.7 Å². The topological polar surface area (TPSA) is 26.0 Å². The van der Waals surface area contributed by atoms with E-state index in [-0.39, 0.29) is 0 Å². The summed E-state index contributed by atoms with van der Waals surface area (Å²) in [5.41, 5.74) is 5.54. The van der Waals surface area contributed by atoms with Gasteiger partial charge in [-0.3, -0.25) is 0 Å². The van der Waals surface area contributed by atoms with E-state index in [2.05, 4.69) is 6.92 Å². The zero-order valence-electron chi connectivity index (χ0n) is 5.48. The standard InChI is InChI=1S/C6H14N.Sn/c1-3-4-5-6(2)7;/h6H,1,3-5,7H2,2H3;. The van der Waals surface area contributed by atoms with E-state index in [0.29, 0.717) is 6.04 Å². The maximum absolute atomic E-state index is 5.54. The summed E-state index contributed by atoms with van der Waals surface area (Å²) in [6.45, 7) is 2.07. The van der Waals surface area contributed by atoms with E-state index in [0.717, 1.165) is 0 Å². The van der Waals surface area contributed by atoms with E-state index in [1.807, 2.05) is 0 Å². The van der Waals surface area contributed by atoms with Gasteiger partial charge in [0.15, 0.2) is 0 Å². The van der Waals surface area contributed by atoms with Gasteiger partial charge in [0, 0.05) is 0 Å². The quantitative estimate of drug-likeness (QED) is 0.555. The predicted octanol–water partition coefficient (Wildman–Crippen LogP) is 1.09. The van der Waals surface area contributed by atoms with Crippen LogP contribution in [0.25, 0.3) is 0 Å². The summed E-state index contributed by atoms with van der Waals surface area (Å²) in [6.07, 6.45) is 3.90. The Bertz CT molecular complexity index is 45.8. The summed E-state index contributed by atoms with van der Waals surface area (Å²) in [5.74, 6) is 0. The molecule has 0 fully saturated rings. The Kier molecular flexibility index (Phi) is 6.45. The predicted molar refractivity (Wildman–Crippen MR) is 38.1 cm³/mol. The first kappa shape index (κ1) is 8.76. The zero-order valence-corrected chi connectivity index (χ0v) is 8.34. The minimum atomic E-state index is 0.414. The molecule has 1 unspecified atom stereocenters. The third kappa shape index (κ3) is 6.76. The third-order valence-corrected chi connectivity index (χ3v) is 2.10. The van der Waals surface area contributed by atoms with E-state index >= 15 is 0 Å². The molecule has 2 N–H and O–H groups in total. The molecule has 0 aromatic heterocycles. The second-order valence-electron chi connectivity index (χ2n) is 2.22. The summed E-state index contributed by atoms with van der Waals surface area (Å²) in [4.78, 5) is 0. The molecule has 0 amide bonds. The zero-order chi connectivity index (χ0) is 6.41. The van der Waals surface area contributed by atoms with Crippen molar-refractivity contribution in [1.29, 1.82) is 0 Å². The van der Waals surface area contributed by atoms with Crippen LogP contribution in [0.1, 0.15) is 26.2 Å². The van der Waals surface area contributed by atoms with Crippen LogP contribution in [0.3, 0.4) is 0 Å². The summed E-state index contributed by atoms with van der Waals surface area (Å²) >= 11 is 1.66. The average Bonchev–Trinajstić information content (AvgIpc) is 1.66. The van der Waals surface area contributed by atoms with Crippen molar-refractivity contribution in [3.63, 3.8) is 0 Å². The molecule has 3 radical (unpaired) electrons. The summed E-state index contributed by atoms with van der Waals surface area (Å²) < 4.78 is 1.39. The fourth-order valence-corrected chi connectivity index (χ4v) is 1.30. The van der Waals surface area contributed by atoms with Crippen molar-refractivity contribution in [3.05, 3.63) is 0 Å². The third-order valence-electron chi connectivity index (χ3n) is 1.09. The molecule has 0 aliphatic carbocycles. The van der Waals surface area contributed by atoms with Gasteiger partial charge in [-0.15, -0.1) is 0 Å². The molecule has 1 atom stereocenters. The molecule has 0 saturated heterocycles. The normalized spacial score (nSPS) is 13.9. The van der Waals surface area contributed by atoms with Crippen molar-refractivity contribution >= 4 is 22.5 Å². The van der Waals surface area contributed by atoms with Crippen LogP contribution in [0.4, 0.5) is 0 Å². The SMILES string of the molecule is CC(N)CCC[CH2][Sn]. The minimum absolute atomic E-state index is 0.414. The van der Waals surface area contributed by atoms with Crippen molar-refractivity contribution in [1.82, 2.24) is 0 Å². The fraction of sp³-hybridized carbons (Fsp3) is 1.00. The second-order valence-corrected chi connectivity index (χ2v) is 3.65. The van der Waals surface area contributed by atoms with E-state index in [9.17, 15) is 0 Å². The van der Waals surface area contributed by atoms with Crippen LogP contribution in [0.15, 0.2) is 0 Å². The molecule has 0 aromatic rings. The molecule has 1 nitrogen and oxygen atoms in total. The van der Waals surface area contributed by atoms with Crippen LogP contribution in [-0.4, -0.2) is 28.6 Å². The van der Waals surface area contributed by atoms with Gasteiger partial charge in [-0.2, -0.15) is 0 Å². The molecule has 0 spiro atoms. The Balaban J connectivity index is 2.72. The first-order valence-corrected chi connectivity index (χ1v) is 5.19. The van der Waals surface area contributed by atoms with Gasteiger partial charge in [-0.25, -0.2) is 0 Å². The monoisotopic (exact) mass is 220 g/mol. The fourth-order valence-electron chi connectivity index (χ4n) is 0.591. The van der Waals surface area contributed by atoms with Gasteiger partial charge in [0.2, 0.25) is 0 Å². The van der Waals surface area contributed by atoms with Gasteiger partial charge >= 0.3 is 64.9 Å². The van der Waals surface area contributed by atoms with Crippen LogP contribution in [0.2, 0.25) is 4.44 Å². The van der Waals surface area contributed by atoms with E-state index in [1.165, 1.54) is 23.7 Å². The number of hydrogen-bond acceptors (Lipinski definition) is 1. The number of rotatable bonds is 4. The molecule has 0 aliphatic rings. The summed E-state index contributed by atoms with van der Waals surface area (Å²) in [5, 5.41) is 0. The van der Waals surface area contributed by atoms with Gasteiger partial charge in [-0.05, 0) is 0 Å². The molecule has 0 saturated carbocycles. The Morgan fingerprint density at radius 1 is 1.50 bits per heavy atom. The molecule has 0 heterocycles. The summed E-state index contributed by atoms with van der Waals surface area (Å²) in [6, 6.07) is 0.414. The summed E-state index contributed by atoms with van der Waals surface area (Å²) in [7, 11) is 0. The van der Waals surface area contributed by atoms with E-state index in [1.54, 1.807) is 22.5 Å². The number of hydrogen-bond donors (Lipinski definition) is 1. The molecule has 8 heavy (non-hydrogen) atoms. The van der Waals surface area contributed by atoms with Crippen LogP contribution in [0.5, 0.6) is 0 Å². The maximum atomic E-state index is 5.54. The van der Waals surface area contributed by atoms with Crippen LogP contribution in [-0.2, 0) is 0 Å². The molecule has 2 heteroatoms. The van der Waals surface area contributed by atoms with Crippen molar-refractivity contribution < 1.29 is 0 Å². The first-order chi connectivity index (χ1) is 3.77. The van der Waals surface area contributed by atoms with Gasteiger partial charge in [0.05, 0.1) is 0 Å². The molecule has 0 aliphatic heterocycles. The van der Waals surface area contributed by atoms with E-state index in [4.69, 9.17) is 5.73 Å².